The van der Waals surface area contributed by atoms with Crippen LogP contribution in [0.25, 0.3) is 0 Å². The summed E-state index contributed by atoms with van der Waals surface area (Å²) in [6.45, 7) is 4.07. The largest absolute Gasteiger partial charge is 0.370 e. The molecule has 1 amide bonds. The van der Waals surface area contributed by atoms with E-state index in [1.807, 2.05) is 6.92 Å². The number of ether oxygens (including phenoxy) is 2. The third-order valence-electron chi connectivity index (χ3n) is 3.16. The molecule has 1 saturated heterocycles. The molecular weight excluding hydrogens is 270 g/mol. The number of pyridine rings is 1. The molecule has 21 heavy (non-hydrogen) atoms. The number of carbonyl (C=O) groups is 1. The number of amides is 1. The van der Waals surface area contributed by atoms with Gasteiger partial charge in [-0.05, 0) is 19.1 Å². The molecule has 0 aliphatic carbocycles. The molecule has 1 aromatic rings. The summed E-state index contributed by atoms with van der Waals surface area (Å²) in [6.07, 6.45) is 7.32. The van der Waals surface area contributed by atoms with Crippen molar-refractivity contribution < 1.29 is 14.3 Å². The highest BCUT2D eigenvalue weighted by molar-refractivity contribution is 5.94. The number of aromatic nitrogens is 1. The molecule has 1 aliphatic heterocycles. The molecule has 2 heterocycles. The molecule has 0 spiro atoms. The van der Waals surface area contributed by atoms with E-state index in [0.29, 0.717) is 31.1 Å². The van der Waals surface area contributed by atoms with E-state index in [-0.39, 0.29) is 12.5 Å². The second-order valence-corrected chi connectivity index (χ2v) is 4.83. The summed E-state index contributed by atoms with van der Waals surface area (Å²) in [5.74, 6) is 2.31. The molecule has 2 N–H and O–H groups in total. The molecule has 0 atom stereocenters. The van der Waals surface area contributed by atoms with Gasteiger partial charge in [-0.3, -0.25) is 4.79 Å². The van der Waals surface area contributed by atoms with E-state index in [1.165, 1.54) is 6.20 Å². The highest BCUT2D eigenvalue weighted by Gasteiger charge is 2.30. The first-order valence-electron chi connectivity index (χ1n) is 6.82. The van der Waals surface area contributed by atoms with E-state index in [9.17, 15) is 4.79 Å². The molecule has 1 aliphatic rings. The van der Waals surface area contributed by atoms with Crippen LogP contribution in [0.5, 0.6) is 0 Å². The van der Waals surface area contributed by atoms with Crippen LogP contribution in [0.15, 0.2) is 18.3 Å². The van der Waals surface area contributed by atoms with Crippen molar-refractivity contribution in [3.63, 3.8) is 0 Å². The van der Waals surface area contributed by atoms with Crippen molar-refractivity contribution in [1.82, 2.24) is 10.3 Å². The lowest BCUT2D eigenvalue weighted by Gasteiger charge is -2.22. The summed E-state index contributed by atoms with van der Waals surface area (Å²) in [6, 6.07) is 3.45. The van der Waals surface area contributed by atoms with Crippen LogP contribution in [0.2, 0.25) is 0 Å². The smallest absolute Gasteiger partial charge is 0.253 e. The predicted octanol–water partition coefficient (Wildman–Crippen LogP) is 1.01. The minimum Gasteiger partial charge on any atom is -0.370 e. The summed E-state index contributed by atoms with van der Waals surface area (Å²) in [7, 11) is 0. The average Bonchev–Trinajstić information content (AvgIpc) is 2.92. The van der Waals surface area contributed by atoms with Crippen LogP contribution < -0.4 is 10.6 Å². The molecule has 0 bridgehead atoms. The number of anilines is 1. The molecular formula is C15H19N3O3. The van der Waals surface area contributed by atoms with Gasteiger partial charge in [0, 0.05) is 19.2 Å². The fourth-order valence-electron chi connectivity index (χ4n) is 1.98. The Morgan fingerprint density at radius 3 is 2.86 bits per heavy atom. The first-order chi connectivity index (χ1) is 10.1. The van der Waals surface area contributed by atoms with E-state index in [2.05, 4.69) is 21.5 Å². The first kappa shape index (κ1) is 15.3. The van der Waals surface area contributed by atoms with Crippen LogP contribution in [0, 0.1) is 12.3 Å². The Labute approximate surface area is 124 Å². The third kappa shape index (κ3) is 4.45. The molecule has 2 rings (SSSR count). The molecule has 0 radical (unpaired) electrons. The predicted molar refractivity (Wildman–Crippen MR) is 78.8 cm³/mol. The van der Waals surface area contributed by atoms with Gasteiger partial charge in [0.2, 0.25) is 0 Å². The lowest BCUT2D eigenvalue weighted by Crippen LogP contribution is -2.28. The summed E-state index contributed by atoms with van der Waals surface area (Å²) >= 11 is 0. The maximum Gasteiger partial charge on any atom is 0.253 e. The summed E-state index contributed by atoms with van der Waals surface area (Å²) < 4.78 is 11.0. The zero-order valence-corrected chi connectivity index (χ0v) is 12.0. The molecule has 6 heteroatoms. The Morgan fingerprint density at radius 2 is 2.24 bits per heavy atom. The second-order valence-electron chi connectivity index (χ2n) is 4.83. The van der Waals surface area contributed by atoms with Crippen LogP contribution in [0.1, 0.15) is 23.7 Å². The Balaban J connectivity index is 1.79. The van der Waals surface area contributed by atoms with Gasteiger partial charge in [0.25, 0.3) is 5.91 Å². The van der Waals surface area contributed by atoms with Crippen molar-refractivity contribution in [2.75, 3.05) is 31.6 Å². The fourth-order valence-corrected chi connectivity index (χ4v) is 1.98. The van der Waals surface area contributed by atoms with Gasteiger partial charge in [0.05, 0.1) is 25.3 Å². The highest BCUT2D eigenvalue weighted by atomic mass is 16.7. The minimum absolute atomic E-state index is 0.206. The molecule has 112 valence electrons. The molecule has 6 nitrogen and oxygen atoms in total. The first-order valence-corrected chi connectivity index (χ1v) is 6.82. The summed E-state index contributed by atoms with van der Waals surface area (Å²) in [4.78, 5) is 15.8. The van der Waals surface area contributed by atoms with Crippen LogP contribution >= 0.6 is 0 Å². The lowest BCUT2D eigenvalue weighted by atomic mass is 10.2. The van der Waals surface area contributed by atoms with E-state index in [1.54, 1.807) is 12.1 Å². The van der Waals surface area contributed by atoms with E-state index < -0.39 is 5.79 Å². The van der Waals surface area contributed by atoms with Crippen molar-refractivity contribution in [3.05, 3.63) is 23.9 Å². The van der Waals surface area contributed by atoms with Gasteiger partial charge in [-0.25, -0.2) is 4.98 Å². The molecule has 1 fully saturated rings. The number of hydrogen-bond donors (Lipinski definition) is 2. The maximum absolute atomic E-state index is 11.6. The summed E-state index contributed by atoms with van der Waals surface area (Å²) in [5.41, 5.74) is 0.477. The zero-order chi connectivity index (χ0) is 15.1. The van der Waals surface area contributed by atoms with Gasteiger partial charge >= 0.3 is 0 Å². The number of nitrogens with zero attached hydrogens (tertiary/aromatic N) is 1. The average molecular weight is 289 g/mol. The Kier molecular flexibility index (Phi) is 5.14. The molecule has 0 aromatic carbocycles. The van der Waals surface area contributed by atoms with Crippen LogP contribution in [0.3, 0.4) is 0 Å². The summed E-state index contributed by atoms with van der Waals surface area (Å²) in [5, 5.41) is 5.76. The topological polar surface area (TPSA) is 72.5 Å². The van der Waals surface area contributed by atoms with Gasteiger partial charge in [-0.1, -0.05) is 5.92 Å². The maximum atomic E-state index is 11.6. The lowest BCUT2D eigenvalue weighted by molar-refractivity contribution is -0.144. The van der Waals surface area contributed by atoms with Crippen molar-refractivity contribution in [2.24, 2.45) is 0 Å². The van der Waals surface area contributed by atoms with Gasteiger partial charge < -0.3 is 20.1 Å². The van der Waals surface area contributed by atoms with Gasteiger partial charge in [0.15, 0.2) is 5.79 Å². The Bertz CT molecular complexity index is 516. The van der Waals surface area contributed by atoms with E-state index in [4.69, 9.17) is 15.9 Å². The number of hydrogen-bond acceptors (Lipinski definition) is 5. The van der Waals surface area contributed by atoms with Crippen molar-refractivity contribution in [1.29, 1.82) is 0 Å². The highest BCUT2D eigenvalue weighted by Crippen LogP contribution is 2.22. The van der Waals surface area contributed by atoms with Gasteiger partial charge in [-0.15, -0.1) is 6.42 Å². The standard InChI is InChI=1S/C15H19N3O3/c1-3-7-17-14(19)12-4-5-13(18-11-12)16-8-6-15(2)20-9-10-21-15/h1,4-5,11H,6-10H2,2H3,(H,16,18)(H,17,19). The van der Waals surface area contributed by atoms with E-state index >= 15 is 0 Å². The third-order valence-corrected chi connectivity index (χ3v) is 3.16. The molecule has 0 saturated carbocycles. The van der Waals surface area contributed by atoms with Crippen molar-refractivity contribution in [2.45, 2.75) is 19.1 Å². The van der Waals surface area contributed by atoms with Crippen LogP contribution in [-0.2, 0) is 9.47 Å². The van der Waals surface area contributed by atoms with Crippen LogP contribution in [-0.4, -0.2) is 43.0 Å². The monoisotopic (exact) mass is 289 g/mol. The minimum atomic E-state index is -0.512. The number of terminal acetylenes is 1. The fraction of sp³-hybridized carbons (Fsp3) is 0.467. The van der Waals surface area contributed by atoms with Gasteiger partial charge in [-0.2, -0.15) is 0 Å². The second kappa shape index (κ2) is 7.07. The Hall–Kier alpha value is -2.10. The number of nitrogens with one attached hydrogen (secondary N) is 2. The molecule has 1 aromatic heterocycles. The number of rotatable bonds is 6. The number of carbonyl (C=O) groups excluding carboxylic acids is 1. The van der Waals surface area contributed by atoms with Crippen molar-refractivity contribution >= 4 is 11.7 Å². The zero-order valence-electron chi connectivity index (χ0n) is 12.0. The molecule has 0 unspecified atom stereocenters. The van der Waals surface area contributed by atoms with Gasteiger partial charge in [0.1, 0.15) is 5.82 Å². The Morgan fingerprint density at radius 1 is 1.48 bits per heavy atom. The quantitative estimate of drug-likeness (QED) is 0.765. The van der Waals surface area contributed by atoms with Crippen molar-refractivity contribution in [3.8, 4) is 12.3 Å². The normalized spacial score (nSPS) is 16.2. The van der Waals surface area contributed by atoms with E-state index in [0.717, 1.165) is 6.42 Å². The van der Waals surface area contributed by atoms with Crippen LogP contribution in [0.4, 0.5) is 5.82 Å². The SMILES string of the molecule is C#CCNC(=O)c1ccc(NCCC2(C)OCCO2)nc1.